The van der Waals surface area contributed by atoms with Gasteiger partial charge in [-0.2, -0.15) is 0 Å². The molecule has 1 fully saturated rings. The van der Waals surface area contributed by atoms with E-state index in [-0.39, 0.29) is 12.7 Å². The summed E-state index contributed by atoms with van der Waals surface area (Å²) in [6.45, 7) is 7.03. The Kier molecular flexibility index (Phi) is 7.43. The van der Waals surface area contributed by atoms with Crippen LogP contribution in [0.15, 0.2) is 62.9 Å². The Labute approximate surface area is 228 Å². The molecule has 2 aliphatic rings. The number of amides is 1. The fraction of sp³-hybridized carbons (Fsp3) is 0.214. The van der Waals surface area contributed by atoms with Crippen LogP contribution in [0, 0.1) is 13.8 Å². The Morgan fingerprint density at radius 2 is 1.81 bits per heavy atom. The molecule has 5 rings (SSSR count). The van der Waals surface area contributed by atoms with E-state index in [1.807, 2.05) is 75.4 Å². The number of benzene rings is 3. The topological polar surface area (TPSA) is 78.4 Å². The van der Waals surface area contributed by atoms with E-state index in [0.29, 0.717) is 40.5 Å². The summed E-state index contributed by atoms with van der Waals surface area (Å²) in [4.78, 5) is 17.8. The summed E-state index contributed by atoms with van der Waals surface area (Å²) in [5, 5.41) is 3.40. The minimum absolute atomic E-state index is 0.185. The van der Waals surface area contributed by atoms with Gasteiger partial charge >= 0.3 is 0 Å². The van der Waals surface area contributed by atoms with Gasteiger partial charge < -0.3 is 24.3 Å². The van der Waals surface area contributed by atoms with Crippen LogP contribution < -0.4 is 24.3 Å². The number of carbonyl (C=O) groups excluding carboxylic acids is 1. The van der Waals surface area contributed by atoms with Crippen LogP contribution in [-0.2, 0) is 11.4 Å². The highest BCUT2D eigenvalue weighted by Crippen LogP contribution is 2.35. The number of thioether (sulfide) groups is 1. The van der Waals surface area contributed by atoms with Gasteiger partial charge in [0.05, 0.1) is 17.2 Å². The third-order valence-corrected chi connectivity index (χ3v) is 7.86. The summed E-state index contributed by atoms with van der Waals surface area (Å²) in [6, 6.07) is 15.3. The maximum Gasteiger partial charge on any atom is 0.264 e. The normalized spacial score (nSPS) is 16.4. The van der Waals surface area contributed by atoms with Gasteiger partial charge in [-0.25, -0.2) is 4.99 Å². The molecular weight excluding hydrogens is 556 g/mol. The molecule has 3 aromatic rings. The van der Waals surface area contributed by atoms with Crippen LogP contribution in [0.5, 0.6) is 23.0 Å². The molecule has 7 nitrogen and oxygen atoms in total. The molecule has 1 amide bonds. The molecule has 190 valence electrons. The largest absolute Gasteiger partial charge is 0.490 e. The van der Waals surface area contributed by atoms with Gasteiger partial charge in [0.2, 0.25) is 6.79 Å². The second kappa shape index (κ2) is 10.9. The van der Waals surface area contributed by atoms with E-state index in [1.54, 1.807) is 0 Å². The van der Waals surface area contributed by atoms with Crippen molar-refractivity contribution in [3.05, 3.63) is 80.2 Å². The number of hydrogen-bond donors (Lipinski definition) is 1. The lowest BCUT2D eigenvalue weighted by atomic mass is 10.1. The van der Waals surface area contributed by atoms with Crippen LogP contribution in [0.4, 0.5) is 5.69 Å². The molecule has 0 radical (unpaired) electrons. The number of carbonyl (C=O) groups is 1. The molecule has 0 aromatic heterocycles. The summed E-state index contributed by atoms with van der Waals surface area (Å²) in [6.07, 6.45) is 1.82. The van der Waals surface area contributed by atoms with Crippen LogP contribution >= 0.6 is 27.7 Å². The van der Waals surface area contributed by atoms with Gasteiger partial charge in [0, 0.05) is 4.47 Å². The standard InChI is InChI=1S/C28H25BrN2O5S/c1-4-33-23-11-18(5-7-21(23)34-14-19-6-8-22-24(12-19)36-15-35-22)13-25-27(32)31-28(37-25)30-20-9-16(2)26(29)17(3)10-20/h5-13H,4,14-15H2,1-3H3,(H,30,31,32)/b25-13-. The molecule has 0 atom stereocenters. The smallest absolute Gasteiger partial charge is 0.264 e. The highest BCUT2D eigenvalue weighted by atomic mass is 79.9. The van der Waals surface area contributed by atoms with E-state index in [2.05, 4.69) is 26.2 Å². The Morgan fingerprint density at radius 3 is 2.59 bits per heavy atom. The number of aryl methyl sites for hydroxylation is 2. The van der Waals surface area contributed by atoms with Crippen molar-refractivity contribution in [1.29, 1.82) is 0 Å². The number of halogens is 1. The van der Waals surface area contributed by atoms with Crippen molar-refractivity contribution < 1.29 is 23.7 Å². The molecule has 37 heavy (non-hydrogen) atoms. The lowest BCUT2D eigenvalue weighted by Gasteiger charge is -2.13. The predicted octanol–water partition coefficient (Wildman–Crippen LogP) is 6.66. The molecule has 0 spiro atoms. The number of fused-ring (bicyclic) bond motifs is 1. The highest BCUT2D eigenvalue weighted by molar-refractivity contribution is 9.10. The van der Waals surface area contributed by atoms with Gasteiger partial charge in [-0.05, 0) is 97.3 Å². The molecule has 3 aromatic carbocycles. The van der Waals surface area contributed by atoms with Crippen molar-refractivity contribution in [2.24, 2.45) is 4.99 Å². The molecule has 0 unspecified atom stereocenters. The minimum Gasteiger partial charge on any atom is -0.490 e. The second-order valence-corrected chi connectivity index (χ2v) is 10.3. The summed E-state index contributed by atoms with van der Waals surface area (Å²) >= 11 is 4.88. The molecule has 1 saturated heterocycles. The summed E-state index contributed by atoms with van der Waals surface area (Å²) in [7, 11) is 0. The van der Waals surface area contributed by atoms with Crippen molar-refractivity contribution in [1.82, 2.24) is 5.32 Å². The molecular formula is C28H25BrN2O5S. The predicted molar refractivity (Wildman–Crippen MR) is 149 cm³/mol. The fourth-order valence-corrected chi connectivity index (χ4v) is 5.00. The summed E-state index contributed by atoms with van der Waals surface area (Å²) < 4.78 is 23.7. The first kappa shape index (κ1) is 25.2. The van der Waals surface area contributed by atoms with E-state index in [9.17, 15) is 4.79 Å². The summed E-state index contributed by atoms with van der Waals surface area (Å²) in [5.41, 5.74) is 4.76. The highest BCUT2D eigenvalue weighted by Gasteiger charge is 2.24. The molecule has 0 aliphatic carbocycles. The third-order valence-electron chi connectivity index (χ3n) is 5.70. The maximum absolute atomic E-state index is 12.6. The van der Waals surface area contributed by atoms with Crippen LogP contribution in [0.1, 0.15) is 29.2 Å². The van der Waals surface area contributed by atoms with Crippen LogP contribution in [0.3, 0.4) is 0 Å². The zero-order valence-electron chi connectivity index (χ0n) is 20.6. The number of amidine groups is 1. The SMILES string of the molecule is CCOc1cc(/C=C2\SC(=Nc3cc(C)c(Br)c(C)c3)NC2=O)ccc1OCc1ccc2c(c1)OCO2. The molecule has 1 N–H and O–H groups in total. The van der Waals surface area contributed by atoms with E-state index < -0.39 is 0 Å². The number of ether oxygens (including phenoxy) is 4. The van der Waals surface area contributed by atoms with Gasteiger partial charge in [0.15, 0.2) is 28.2 Å². The van der Waals surface area contributed by atoms with Gasteiger partial charge in [-0.3, -0.25) is 4.79 Å². The van der Waals surface area contributed by atoms with Gasteiger partial charge in [-0.15, -0.1) is 0 Å². The van der Waals surface area contributed by atoms with E-state index in [4.69, 9.17) is 18.9 Å². The molecule has 2 aliphatic heterocycles. The molecule has 0 saturated carbocycles. The van der Waals surface area contributed by atoms with Crippen molar-refractivity contribution in [2.75, 3.05) is 13.4 Å². The first-order valence-electron chi connectivity index (χ1n) is 11.7. The minimum atomic E-state index is -0.185. The number of nitrogens with one attached hydrogen (secondary N) is 1. The first-order valence-corrected chi connectivity index (χ1v) is 13.3. The average Bonchev–Trinajstić information content (AvgIpc) is 3.47. The first-order chi connectivity index (χ1) is 17.9. The second-order valence-electron chi connectivity index (χ2n) is 8.49. The number of aliphatic imine (C=N–C) groups is 1. The fourth-order valence-electron chi connectivity index (χ4n) is 3.93. The quantitative estimate of drug-likeness (QED) is 0.315. The van der Waals surface area contributed by atoms with Gasteiger partial charge in [0.25, 0.3) is 5.91 Å². The van der Waals surface area contributed by atoms with Crippen molar-refractivity contribution in [3.8, 4) is 23.0 Å². The van der Waals surface area contributed by atoms with Crippen molar-refractivity contribution in [2.45, 2.75) is 27.4 Å². The Balaban J connectivity index is 1.32. The number of rotatable bonds is 7. The van der Waals surface area contributed by atoms with Gasteiger partial charge in [0.1, 0.15) is 6.61 Å². The van der Waals surface area contributed by atoms with Crippen molar-refractivity contribution in [3.63, 3.8) is 0 Å². The monoisotopic (exact) mass is 580 g/mol. The van der Waals surface area contributed by atoms with Crippen LogP contribution in [0.25, 0.3) is 6.08 Å². The number of hydrogen-bond acceptors (Lipinski definition) is 7. The van der Waals surface area contributed by atoms with Crippen molar-refractivity contribution >= 4 is 50.5 Å². The third kappa shape index (κ3) is 5.78. The Morgan fingerprint density at radius 1 is 1.03 bits per heavy atom. The summed E-state index contributed by atoms with van der Waals surface area (Å²) in [5.74, 6) is 2.49. The van der Waals surface area contributed by atoms with E-state index >= 15 is 0 Å². The lowest BCUT2D eigenvalue weighted by molar-refractivity contribution is -0.115. The lowest BCUT2D eigenvalue weighted by Crippen LogP contribution is -2.19. The van der Waals surface area contributed by atoms with Gasteiger partial charge in [-0.1, -0.05) is 28.1 Å². The van der Waals surface area contributed by atoms with Crippen LogP contribution in [0.2, 0.25) is 0 Å². The Bertz CT molecular complexity index is 1410. The molecule has 2 heterocycles. The average molecular weight is 581 g/mol. The molecule has 0 bridgehead atoms. The number of nitrogens with zero attached hydrogens (tertiary/aromatic N) is 1. The zero-order chi connectivity index (χ0) is 25.9. The van der Waals surface area contributed by atoms with E-state index in [1.165, 1.54) is 11.8 Å². The van der Waals surface area contributed by atoms with Crippen LogP contribution in [-0.4, -0.2) is 24.5 Å². The maximum atomic E-state index is 12.6. The zero-order valence-corrected chi connectivity index (χ0v) is 23.0. The Hall–Kier alpha value is -3.43. The van der Waals surface area contributed by atoms with E-state index in [0.717, 1.165) is 38.2 Å². The molecule has 9 heteroatoms.